The molecule has 5 aromatic rings. The Morgan fingerprint density at radius 3 is 2.56 bits per heavy atom. The van der Waals surface area contributed by atoms with Gasteiger partial charge < -0.3 is 10.1 Å². The average molecular weight is 480 g/mol. The standard InChI is InChI=1S/C28H21FN4O3/c1-3-27(34)31-19-7-5-8-20(15-19)32-24-12-13-30-17-25(24)33(28(32)35)21-10-11-26(23(29)16-21)36-22-9-4-6-18(2)14-22/h3-17H,1H2,2H3,(H,31,34). The zero-order valence-corrected chi connectivity index (χ0v) is 19.3. The third-order valence-electron chi connectivity index (χ3n) is 5.59. The van der Waals surface area contributed by atoms with E-state index >= 15 is 4.39 Å². The van der Waals surface area contributed by atoms with Crippen molar-refractivity contribution in [3.8, 4) is 22.9 Å². The van der Waals surface area contributed by atoms with Crippen molar-refractivity contribution in [2.45, 2.75) is 6.92 Å². The number of nitrogens with one attached hydrogen (secondary N) is 1. The quantitative estimate of drug-likeness (QED) is 0.324. The number of rotatable bonds is 6. The molecule has 0 aliphatic rings. The van der Waals surface area contributed by atoms with Gasteiger partial charge in [-0.25, -0.2) is 9.18 Å². The van der Waals surface area contributed by atoms with Crippen molar-refractivity contribution in [2.75, 3.05) is 5.32 Å². The van der Waals surface area contributed by atoms with Gasteiger partial charge in [0.05, 0.1) is 28.6 Å². The molecule has 0 aliphatic heterocycles. The van der Waals surface area contributed by atoms with Crippen LogP contribution in [0.1, 0.15) is 5.56 Å². The third kappa shape index (κ3) is 4.27. The number of imidazole rings is 1. The van der Waals surface area contributed by atoms with E-state index in [4.69, 9.17) is 4.74 Å². The molecule has 2 heterocycles. The normalized spacial score (nSPS) is 10.8. The number of amides is 1. The van der Waals surface area contributed by atoms with Crippen molar-refractivity contribution in [2.24, 2.45) is 0 Å². The second-order valence-electron chi connectivity index (χ2n) is 8.09. The summed E-state index contributed by atoms with van der Waals surface area (Å²) in [5, 5.41) is 2.69. The van der Waals surface area contributed by atoms with Gasteiger partial charge in [0, 0.05) is 18.0 Å². The van der Waals surface area contributed by atoms with Crippen LogP contribution < -0.4 is 15.7 Å². The van der Waals surface area contributed by atoms with E-state index in [9.17, 15) is 9.59 Å². The number of ether oxygens (including phenoxy) is 1. The van der Waals surface area contributed by atoms with Crippen LogP contribution in [0.25, 0.3) is 22.4 Å². The second-order valence-corrected chi connectivity index (χ2v) is 8.09. The van der Waals surface area contributed by atoms with Gasteiger partial charge >= 0.3 is 5.69 Å². The van der Waals surface area contributed by atoms with Gasteiger partial charge in [0.2, 0.25) is 5.91 Å². The van der Waals surface area contributed by atoms with Gasteiger partial charge in [-0.1, -0.05) is 24.8 Å². The molecule has 8 heteroatoms. The molecule has 2 aromatic heterocycles. The van der Waals surface area contributed by atoms with Crippen molar-refractivity contribution in [3.05, 3.63) is 120 Å². The van der Waals surface area contributed by atoms with Crippen molar-refractivity contribution < 1.29 is 13.9 Å². The minimum Gasteiger partial charge on any atom is -0.454 e. The van der Waals surface area contributed by atoms with Gasteiger partial charge in [-0.05, 0) is 67.1 Å². The Hall–Kier alpha value is -4.98. The molecule has 5 rings (SSSR count). The maximum absolute atomic E-state index is 15.1. The van der Waals surface area contributed by atoms with Crippen LogP contribution in [0.4, 0.5) is 10.1 Å². The van der Waals surface area contributed by atoms with Crippen LogP contribution in [-0.2, 0) is 4.79 Å². The van der Waals surface area contributed by atoms with Gasteiger partial charge in [0.15, 0.2) is 11.6 Å². The largest absolute Gasteiger partial charge is 0.454 e. The first-order valence-electron chi connectivity index (χ1n) is 11.1. The number of aromatic nitrogens is 3. The highest BCUT2D eigenvalue weighted by atomic mass is 19.1. The van der Waals surface area contributed by atoms with Crippen molar-refractivity contribution in [1.29, 1.82) is 0 Å². The lowest BCUT2D eigenvalue weighted by atomic mass is 10.2. The monoisotopic (exact) mass is 480 g/mol. The van der Waals surface area contributed by atoms with E-state index in [1.54, 1.807) is 54.9 Å². The minimum absolute atomic E-state index is 0.0462. The highest BCUT2D eigenvalue weighted by Crippen LogP contribution is 2.28. The summed E-state index contributed by atoms with van der Waals surface area (Å²) in [6, 6.07) is 20.2. The lowest BCUT2D eigenvalue weighted by molar-refractivity contribution is -0.111. The molecule has 0 saturated carbocycles. The summed E-state index contributed by atoms with van der Waals surface area (Å²) in [6.07, 6.45) is 4.29. The molecule has 36 heavy (non-hydrogen) atoms. The lowest BCUT2D eigenvalue weighted by Gasteiger charge is -2.10. The molecule has 0 bridgehead atoms. The van der Waals surface area contributed by atoms with Crippen LogP contribution in [0.5, 0.6) is 11.5 Å². The number of nitrogens with zero attached hydrogens (tertiary/aromatic N) is 3. The van der Waals surface area contributed by atoms with E-state index in [1.807, 2.05) is 25.1 Å². The maximum atomic E-state index is 15.1. The molecule has 1 amide bonds. The molecule has 0 saturated heterocycles. The molecular weight excluding hydrogens is 459 g/mol. The number of carbonyl (C=O) groups excluding carboxylic acids is 1. The first-order valence-corrected chi connectivity index (χ1v) is 11.1. The van der Waals surface area contributed by atoms with Gasteiger partial charge in [0.1, 0.15) is 5.75 Å². The summed E-state index contributed by atoms with van der Waals surface area (Å²) in [7, 11) is 0. The number of halogens is 1. The van der Waals surface area contributed by atoms with E-state index in [0.717, 1.165) is 11.6 Å². The first kappa shape index (κ1) is 22.8. The number of hydrogen-bond donors (Lipinski definition) is 1. The molecule has 0 radical (unpaired) electrons. The number of anilines is 1. The van der Waals surface area contributed by atoms with E-state index in [2.05, 4.69) is 16.9 Å². The van der Waals surface area contributed by atoms with Gasteiger partial charge in [0.25, 0.3) is 0 Å². The summed E-state index contributed by atoms with van der Waals surface area (Å²) in [6.45, 7) is 5.37. The fraction of sp³-hybridized carbons (Fsp3) is 0.0357. The Bertz CT molecular complexity index is 1690. The number of pyridine rings is 1. The van der Waals surface area contributed by atoms with E-state index < -0.39 is 11.5 Å². The topological polar surface area (TPSA) is 78.2 Å². The number of fused-ring (bicyclic) bond motifs is 1. The van der Waals surface area contributed by atoms with Crippen LogP contribution in [-0.4, -0.2) is 20.0 Å². The first-order chi connectivity index (χ1) is 17.4. The smallest absolute Gasteiger partial charge is 0.338 e. The zero-order valence-electron chi connectivity index (χ0n) is 19.3. The molecule has 3 aromatic carbocycles. The van der Waals surface area contributed by atoms with Crippen LogP contribution in [0.2, 0.25) is 0 Å². The third-order valence-corrected chi connectivity index (χ3v) is 5.59. The van der Waals surface area contributed by atoms with Gasteiger partial charge in [-0.2, -0.15) is 0 Å². The summed E-state index contributed by atoms with van der Waals surface area (Å²) in [5.74, 6) is -0.414. The predicted octanol–water partition coefficient (Wildman–Crippen LogP) is 5.54. The number of hydrogen-bond acceptors (Lipinski definition) is 4. The fourth-order valence-electron chi connectivity index (χ4n) is 3.98. The van der Waals surface area contributed by atoms with E-state index in [1.165, 1.54) is 21.3 Å². The summed E-state index contributed by atoms with van der Waals surface area (Å²) in [4.78, 5) is 29.5. The SMILES string of the molecule is C=CC(=O)Nc1cccc(-n2c(=O)n(-c3ccc(Oc4cccc(C)c4)c(F)c3)c3cnccc32)c1. The molecule has 178 valence electrons. The van der Waals surface area contributed by atoms with Crippen molar-refractivity contribution >= 4 is 22.6 Å². The van der Waals surface area contributed by atoms with E-state index in [0.29, 0.717) is 33.8 Å². The van der Waals surface area contributed by atoms with E-state index in [-0.39, 0.29) is 11.7 Å². The minimum atomic E-state index is -0.611. The molecule has 0 spiro atoms. The lowest BCUT2D eigenvalue weighted by Crippen LogP contribution is -2.22. The molecule has 7 nitrogen and oxygen atoms in total. The van der Waals surface area contributed by atoms with Crippen LogP contribution in [0.3, 0.4) is 0 Å². The van der Waals surface area contributed by atoms with Gasteiger partial charge in [-0.15, -0.1) is 0 Å². The summed E-state index contributed by atoms with van der Waals surface area (Å²) < 4.78 is 23.7. The predicted molar refractivity (Wildman–Crippen MR) is 137 cm³/mol. The highest BCUT2D eigenvalue weighted by molar-refractivity contribution is 5.99. The summed E-state index contributed by atoms with van der Waals surface area (Å²) >= 11 is 0. The zero-order chi connectivity index (χ0) is 25.2. The number of aryl methyl sites for hydroxylation is 1. The van der Waals surface area contributed by atoms with Crippen LogP contribution in [0, 0.1) is 12.7 Å². The Morgan fingerprint density at radius 1 is 1.00 bits per heavy atom. The molecule has 0 fully saturated rings. The Balaban J connectivity index is 1.59. The highest BCUT2D eigenvalue weighted by Gasteiger charge is 2.18. The molecule has 0 aliphatic carbocycles. The number of benzene rings is 3. The van der Waals surface area contributed by atoms with Crippen LogP contribution >= 0.6 is 0 Å². The second kappa shape index (κ2) is 9.34. The summed E-state index contributed by atoms with van der Waals surface area (Å²) in [5.41, 5.74) is 2.99. The Morgan fingerprint density at radius 2 is 1.78 bits per heavy atom. The average Bonchev–Trinajstić information content (AvgIpc) is 3.17. The van der Waals surface area contributed by atoms with Gasteiger partial charge in [-0.3, -0.25) is 18.9 Å². The number of carbonyl (C=O) groups is 1. The molecule has 1 N–H and O–H groups in total. The van der Waals surface area contributed by atoms with Crippen LogP contribution in [0.15, 0.2) is 103 Å². The molecule has 0 unspecified atom stereocenters. The Kier molecular flexibility index (Phi) is 5.92. The Labute approximate surface area is 205 Å². The fourth-order valence-corrected chi connectivity index (χ4v) is 3.98. The molecule has 0 atom stereocenters. The van der Waals surface area contributed by atoms with Crippen molar-refractivity contribution in [3.63, 3.8) is 0 Å². The van der Waals surface area contributed by atoms with Crippen molar-refractivity contribution in [1.82, 2.24) is 14.1 Å². The maximum Gasteiger partial charge on any atom is 0.338 e. The molecular formula is C28H21FN4O3.